The lowest BCUT2D eigenvalue weighted by atomic mass is 9.92. The summed E-state index contributed by atoms with van der Waals surface area (Å²) < 4.78 is 12.1. The summed E-state index contributed by atoms with van der Waals surface area (Å²) in [6.07, 6.45) is 4.20. The van der Waals surface area contributed by atoms with Crippen molar-refractivity contribution in [1.82, 2.24) is 4.90 Å². The van der Waals surface area contributed by atoms with Crippen LogP contribution in [0, 0.1) is 0 Å². The Labute approximate surface area is 144 Å². The van der Waals surface area contributed by atoms with Crippen molar-refractivity contribution in [3.05, 3.63) is 0 Å². The van der Waals surface area contributed by atoms with Gasteiger partial charge < -0.3 is 14.1 Å². The van der Waals surface area contributed by atoms with Crippen LogP contribution in [0.15, 0.2) is 0 Å². The smallest absolute Gasteiger partial charge is 0.410 e. The van der Waals surface area contributed by atoms with Gasteiger partial charge in [-0.05, 0) is 64.6 Å². The Bertz CT molecular complexity index is 409. The van der Waals surface area contributed by atoms with Crippen molar-refractivity contribution in [3.8, 4) is 0 Å². The number of hydrogen-bond donors (Lipinski definition) is 0. The maximum atomic E-state index is 12.3. The van der Waals surface area contributed by atoms with Crippen molar-refractivity contribution >= 4 is 14.4 Å². The van der Waals surface area contributed by atoms with Crippen LogP contribution >= 0.6 is 0 Å². The Hall–Kier alpha value is -0.553. The Balaban J connectivity index is 2.66. The number of hydrogen-bond acceptors (Lipinski definition) is 3. The van der Waals surface area contributed by atoms with E-state index in [0.29, 0.717) is 0 Å². The van der Waals surface area contributed by atoms with E-state index >= 15 is 0 Å². The number of nitrogens with zero attached hydrogens (tertiary/aromatic N) is 1. The summed E-state index contributed by atoms with van der Waals surface area (Å²) in [6, 6.07) is 0.216. The van der Waals surface area contributed by atoms with Crippen LogP contribution in [0.5, 0.6) is 0 Å². The highest BCUT2D eigenvalue weighted by Gasteiger charge is 2.40. The average molecular weight is 344 g/mol. The Morgan fingerprint density at radius 3 is 2.13 bits per heavy atom. The molecule has 0 aromatic carbocycles. The first kappa shape index (κ1) is 20.5. The molecular formula is C18H37NO3Si. The molecule has 0 heterocycles. The highest BCUT2D eigenvalue weighted by molar-refractivity contribution is 6.74. The van der Waals surface area contributed by atoms with Crippen LogP contribution in [0.25, 0.3) is 0 Å². The number of rotatable bonds is 3. The molecular weight excluding hydrogens is 306 g/mol. The molecule has 1 amide bonds. The summed E-state index contributed by atoms with van der Waals surface area (Å²) in [5.74, 6) is 0. The number of carbonyl (C=O) groups is 1. The largest absolute Gasteiger partial charge is 0.444 e. The van der Waals surface area contributed by atoms with Crippen LogP contribution in [0.3, 0.4) is 0 Å². The molecule has 1 rings (SSSR count). The molecule has 1 saturated carbocycles. The van der Waals surface area contributed by atoms with E-state index in [0.717, 1.165) is 25.7 Å². The van der Waals surface area contributed by atoms with Gasteiger partial charge in [-0.25, -0.2) is 4.79 Å². The second-order valence-electron chi connectivity index (χ2n) is 9.41. The topological polar surface area (TPSA) is 38.8 Å². The molecule has 23 heavy (non-hydrogen) atoms. The quantitative estimate of drug-likeness (QED) is 0.662. The molecule has 0 saturated heterocycles. The minimum atomic E-state index is -1.76. The maximum absolute atomic E-state index is 12.3. The second kappa shape index (κ2) is 7.14. The Kier molecular flexibility index (Phi) is 6.36. The van der Waals surface area contributed by atoms with Gasteiger partial charge in [-0.15, -0.1) is 0 Å². The van der Waals surface area contributed by atoms with E-state index in [4.69, 9.17) is 9.16 Å². The molecule has 1 aliphatic carbocycles. The molecule has 0 spiro atoms. The zero-order valence-electron chi connectivity index (χ0n) is 16.7. The van der Waals surface area contributed by atoms with E-state index in [1.165, 1.54) is 0 Å². The van der Waals surface area contributed by atoms with E-state index < -0.39 is 13.9 Å². The lowest BCUT2D eigenvalue weighted by Gasteiger charge is -2.43. The Morgan fingerprint density at radius 2 is 1.65 bits per heavy atom. The maximum Gasteiger partial charge on any atom is 0.410 e. The molecule has 4 nitrogen and oxygen atoms in total. The van der Waals surface area contributed by atoms with Crippen LogP contribution in [0.2, 0.25) is 18.1 Å². The molecule has 1 aliphatic rings. The molecule has 0 aliphatic heterocycles. The average Bonchev–Trinajstić information content (AvgIpc) is 2.34. The summed E-state index contributed by atoms with van der Waals surface area (Å²) in [6.45, 7) is 17.1. The molecule has 0 N–H and O–H groups in total. The van der Waals surface area contributed by atoms with E-state index in [9.17, 15) is 4.79 Å². The monoisotopic (exact) mass is 343 g/mol. The summed E-state index contributed by atoms with van der Waals surface area (Å²) in [5.41, 5.74) is -0.447. The second-order valence-corrected chi connectivity index (χ2v) is 14.2. The molecule has 0 aromatic rings. The van der Waals surface area contributed by atoms with Crippen LogP contribution in [-0.2, 0) is 9.16 Å². The molecule has 1 fully saturated rings. The minimum absolute atomic E-state index is 0.216. The number of ether oxygens (including phenoxy) is 1. The van der Waals surface area contributed by atoms with Gasteiger partial charge in [0.2, 0.25) is 0 Å². The molecule has 0 bridgehead atoms. The fourth-order valence-electron chi connectivity index (χ4n) is 2.66. The summed E-state index contributed by atoms with van der Waals surface area (Å²) >= 11 is 0. The summed E-state index contributed by atoms with van der Waals surface area (Å²) in [5, 5.41) is 0.219. The lowest BCUT2D eigenvalue weighted by molar-refractivity contribution is 0.0106. The van der Waals surface area contributed by atoms with Gasteiger partial charge in [-0.1, -0.05) is 20.8 Å². The van der Waals surface area contributed by atoms with Gasteiger partial charge in [-0.2, -0.15) is 0 Å². The molecule has 0 radical (unpaired) electrons. The Morgan fingerprint density at radius 1 is 1.09 bits per heavy atom. The van der Waals surface area contributed by atoms with Crippen molar-refractivity contribution in [2.24, 2.45) is 0 Å². The third-order valence-corrected chi connectivity index (χ3v) is 9.63. The van der Waals surface area contributed by atoms with Gasteiger partial charge in [-0.3, -0.25) is 0 Å². The van der Waals surface area contributed by atoms with E-state index in [1.807, 2.05) is 27.8 Å². The minimum Gasteiger partial charge on any atom is -0.444 e. The fourth-order valence-corrected chi connectivity index (χ4v) is 4.06. The predicted octanol–water partition coefficient (Wildman–Crippen LogP) is 5.19. The molecule has 2 unspecified atom stereocenters. The van der Waals surface area contributed by atoms with Crippen LogP contribution < -0.4 is 0 Å². The highest BCUT2D eigenvalue weighted by atomic mass is 28.4. The highest BCUT2D eigenvalue weighted by Crippen LogP contribution is 2.39. The number of amides is 1. The lowest BCUT2D eigenvalue weighted by Crippen LogP contribution is -2.48. The van der Waals surface area contributed by atoms with Gasteiger partial charge in [0.25, 0.3) is 0 Å². The number of carbonyl (C=O) groups excluding carboxylic acids is 1. The SMILES string of the molecule is CN(C(=O)OC(C)(C)C)C1CCCC(O[Si](C)(C)C(C)(C)C)C1. The van der Waals surface area contributed by atoms with Gasteiger partial charge in [0.15, 0.2) is 8.32 Å². The van der Waals surface area contributed by atoms with Gasteiger partial charge >= 0.3 is 6.09 Å². The van der Waals surface area contributed by atoms with Gasteiger partial charge in [0.1, 0.15) is 5.60 Å². The first-order valence-electron chi connectivity index (χ1n) is 8.86. The van der Waals surface area contributed by atoms with Crippen LogP contribution in [0.4, 0.5) is 4.79 Å². The van der Waals surface area contributed by atoms with E-state index in [2.05, 4.69) is 33.9 Å². The standard InChI is InChI=1S/C18H37NO3Si/c1-17(2,3)21-16(20)19(7)14-11-10-12-15(13-14)22-23(8,9)18(4,5)6/h14-15H,10-13H2,1-9H3. The van der Waals surface area contributed by atoms with Gasteiger partial charge in [0.05, 0.1) is 0 Å². The van der Waals surface area contributed by atoms with Crippen LogP contribution in [0.1, 0.15) is 67.2 Å². The zero-order valence-corrected chi connectivity index (χ0v) is 17.7. The van der Waals surface area contributed by atoms with Crippen molar-refractivity contribution in [2.75, 3.05) is 7.05 Å². The predicted molar refractivity (Wildman–Crippen MR) is 98.3 cm³/mol. The van der Waals surface area contributed by atoms with E-state index in [1.54, 1.807) is 4.90 Å². The van der Waals surface area contributed by atoms with Crippen molar-refractivity contribution < 1.29 is 14.0 Å². The molecule has 5 heteroatoms. The van der Waals surface area contributed by atoms with E-state index in [-0.39, 0.29) is 23.3 Å². The zero-order chi connectivity index (χ0) is 18.1. The van der Waals surface area contributed by atoms with Crippen molar-refractivity contribution in [2.45, 2.75) is 103 Å². The first-order chi connectivity index (χ1) is 10.2. The van der Waals surface area contributed by atoms with Gasteiger partial charge in [0, 0.05) is 19.2 Å². The molecule has 2 atom stereocenters. The molecule has 136 valence electrons. The molecule has 0 aromatic heterocycles. The normalized spacial score (nSPS) is 23.5. The summed E-state index contributed by atoms with van der Waals surface area (Å²) in [7, 11) is 0.0978. The summed E-state index contributed by atoms with van der Waals surface area (Å²) in [4.78, 5) is 14.1. The third kappa shape index (κ3) is 6.11. The van der Waals surface area contributed by atoms with Crippen molar-refractivity contribution in [1.29, 1.82) is 0 Å². The fraction of sp³-hybridized carbons (Fsp3) is 0.944. The third-order valence-electron chi connectivity index (χ3n) is 5.10. The van der Waals surface area contributed by atoms with Crippen LogP contribution in [-0.4, -0.2) is 44.1 Å². The van der Waals surface area contributed by atoms with Crippen molar-refractivity contribution in [3.63, 3.8) is 0 Å². The first-order valence-corrected chi connectivity index (χ1v) is 11.8.